The summed E-state index contributed by atoms with van der Waals surface area (Å²) in [6.07, 6.45) is 0. The third-order valence-electron chi connectivity index (χ3n) is 11.8. The number of fused-ring (bicyclic) bond motifs is 7. The maximum atomic E-state index is 2.52. The molecule has 0 bridgehead atoms. The Morgan fingerprint density at radius 2 is 0.784 bits per heavy atom. The Bertz CT molecular complexity index is 2580. The summed E-state index contributed by atoms with van der Waals surface area (Å²) < 4.78 is 0. The molecule has 8 aromatic rings. The lowest BCUT2D eigenvalue weighted by atomic mass is 9.72. The average Bonchev–Trinajstić information content (AvgIpc) is 3.40. The fraction of sp³-hybridized carbons (Fsp3) is 0.120. The number of anilines is 3. The quantitative estimate of drug-likeness (QED) is 0.183. The molecule has 1 heterocycles. The minimum Gasteiger partial charge on any atom is -0.310 e. The highest BCUT2D eigenvalue weighted by Crippen LogP contribution is 2.56. The van der Waals surface area contributed by atoms with E-state index in [4.69, 9.17) is 0 Å². The first-order valence-corrected chi connectivity index (χ1v) is 18.1. The zero-order valence-corrected chi connectivity index (χ0v) is 29.5. The van der Waals surface area contributed by atoms with Crippen LogP contribution in [-0.4, -0.2) is 0 Å². The first-order chi connectivity index (χ1) is 24.8. The van der Waals surface area contributed by atoms with Crippen LogP contribution in [-0.2, 0) is 10.8 Å². The van der Waals surface area contributed by atoms with Gasteiger partial charge in [0, 0.05) is 16.5 Å². The number of rotatable bonds is 3. The molecule has 0 saturated heterocycles. The monoisotopic (exact) mass is 653 g/mol. The van der Waals surface area contributed by atoms with Crippen LogP contribution in [0.5, 0.6) is 0 Å². The molecular weight excluding hydrogens is 615 g/mol. The van der Waals surface area contributed by atoms with Crippen LogP contribution in [0.2, 0.25) is 0 Å². The Morgan fingerprint density at radius 1 is 0.333 bits per heavy atom. The Labute approximate surface area is 300 Å². The maximum Gasteiger partial charge on any atom is 0.0503 e. The lowest BCUT2D eigenvalue weighted by Crippen LogP contribution is -2.31. The van der Waals surface area contributed by atoms with Crippen LogP contribution < -0.4 is 4.90 Å². The standard InChI is InChI=1S/C50H39N/c1-49(2)43-16-10-9-15-41(43)42-24-23-40(31-44(42)49)51-47-25-21-38(36-19-17-32-11-5-7-13-34(32)27-36)29-45(47)50(3,4)46-30-39(22-26-48(46)51)37-20-18-33-12-6-8-14-35(33)28-37/h5-31H,1-4H3. The summed E-state index contributed by atoms with van der Waals surface area (Å²) in [6, 6.07) is 61.2. The van der Waals surface area contributed by atoms with Crippen LogP contribution in [0.25, 0.3) is 54.9 Å². The molecule has 0 aromatic heterocycles. The van der Waals surface area contributed by atoms with Gasteiger partial charge < -0.3 is 4.90 Å². The first-order valence-electron chi connectivity index (χ1n) is 18.1. The predicted molar refractivity (Wildman–Crippen MR) is 217 cm³/mol. The van der Waals surface area contributed by atoms with Crippen molar-refractivity contribution >= 4 is 38.6 Å². The Morgan fingerprint density at radius 3 is 1.37 bits per heavy atom. The van der Waals surface area contributed by atoms with Gasteiger partial charge in [0.05, 0.1) is 11.4 Å². The second-order valence-corrected chi connectivity index (χ2v) is 15.4. The maximum absolute atomic E-state index is 2.52. The van der Waals surface area contributed by atoms with E-state index in [9.17, 15) is 0 Å². The first kappa shape index (κ1) is 29.9. The van der Waals surface area contributed by atoms with Gasteiger partial charge in [0.15, 0.2) is 0 Å². The van der Waals surface area contributed by atoms with E-state index in [-0.39, 0.29) is 10.8 Å². The SMILES string of the molecule is CC1(C)c2ccccc2-c2ccc(N3c4ccc(-c5ccc6ccccc6c5)cc4C(C)(C)c4cc(-c5ccc6ccccc6c5)ccc43)cc21. The summed E-state index contributed by atoms with van der Waals surface area (Å²) in [4.78, 5) is 2.52. The van der Waals surface area contributed by atoms with Crippen molar-refractivity contribution in [1.29, 1.82) is 0 Å². The second-order valence-electron chi connectivity index (χ2n) is 15.4. The van der Waals surface area contributed by atoms with Gasteiger partial charge in [-0.2, -0.15) is 0 Å². The van der Waals surface area contributed by atoms with Crippen molar-refractivity contribution in [3.8, 4) is 33.4 Å². The molecule has 0 saturated carbocycles. The molecule has 0 fully saturated rings. The van der Waals surface area contributed by atoms with Crippen molar-refractivity contribution in [2.45, 2.75) is 38.5 Å². The average molecular weight is 654 g/mol. The number of hydrogen-bond donors (Lipinski definition) is 0. The third-order valence-corrected chi connectivity index (χ3v) is 11.8. The van der Waals surface area contributed by atoms with Gasteiger partial charge in [0.2, 0.25) is 0 Å². The fourth-order valence-corrected chi connectivity index (χ4v) is 8.94. The van der Waals surface area contributed by atoms with Crippen LogP contribution in [0, 0.1) is 0 Å². The molecule has 10 rings (SSSR count). The van der Waals surface area contributed by atoms with E-state index in [2.05, 4.69) is 196 Å². The molecule has 0 spiro atoms. The van der Waals surface area contributed by atoms with E-state index in [0.717, 1.165) is 0 Å². The second kappa shape index (κ2) is 10.8. The summed E-state index contributed by atoms with van der Waals surface area (Å²) in [6.45, 7) is 9.54. The largest absolute Gasteiger partial charge is 0.310 e. The van der Waals surface area contributed by atoms with Gasteiger partial charge in [-0.15, -0.1) is 0 Å². The Balaban J connectivity index is 1.18. The molecular formula is C50H39N. The van der Waals surface area contributed by atoms with Crippen molar-refractivity contribution in [2.75, 3.05) is 4.90 Å². The highest BCUT2D eigenvalue weighted by molar-refractivity contribution is 5.94. The molecule has 1 aliphatic heterocycles. The van der Waals surface area contributed by atoms with E-state index in [1.165, 1.54) is 94.2 Å². The molecule has 0 radical (unpaired) electrons. The highest BCUT2D eigenvalue weighted by Gasteiger charge is 2.40. The van der Waals surface area contributed by atoms with Crippen molar-refractivity contribution in [3.63, 3.8) is 0 Å². The molecule has 2 aliphatic rings. The highest BCUT2D eigenvalue weighted by atomic mass is 15.2. The molecule has 51 heavy (non-hydrogen) atoms. The predicted octanol–water partition coefficient (Wildman–Crippen LogP) is 13.7. The van der Waals surface area contributed by atoms with E-state index in [1.807, 2.05) is 0 Å². The van der Waals surface area contributed by atoms with Crippen molar-refractivity contribution < 1.29 is 0 Å². The van der Waals surface area contributed by atoms with Crippen molar-refractivity contribution in [2.24, 2.45) is 0 Å². The van der Waals surface area contributed by atoms with Gasteiger partial charge >= 0.3 is 0 Å². The van der Waals surface area contributed by atoms with Crippen LogP contribution in [0.3, 0.4) is 0 Å². The minimum absolute atomic E-state index is 0.0808. The van der Waals surface area contributed by atoms with Crippen LogP contribution in [0.1, 0.15) is 49.9 Å². The van der Waals surface area contributed by atoms with Gasteiger partial charge in [-0.3, -0.25) is 0 Å². The van der Waals surface area contributed by atoms with E-state index >= 15 is 0 Å². The lowest BCUT2D eigenvalue weighted by molar-refractivity contribution is 0.632. The number of hydrogen-bond acceptors (Lipinski definition) is 1. The number of benzene rings is 8. The van der Waals surface area contributed by atoms with E-state index in [1.54, 1.807) is 0 Å². The number of nitrogens with zero attached hydrogens (tertiary/aromatic N) is 1. The summed E-state index contributed by atoms with van der Waals surface area (Å²) in [5, 5.41) is 5.06. The van der Waals surface area contributed by atoms with Gasteiger partial charge in [-0.25, -0.2) is 0 Å². The molecule has 8 aromatic carbocycles. The van der Waals surface area contributed by atoms with Crippen LogP contribution >= 0.6 is 0 Å². The minimum atomic E-state index is -0.243. The smallest absolute Gasteiger partial charge is 0.0503 e. The molecule has 0 unspecified atom stereocenters. The summed E-state index contributed by atoms with van der Waals surface area (Å²) in [5.74, 6) is 0. The van der Waals surface area contributed by atoms with Crippen molar-refractivity contribution in [3.05, 3.63) is 186 Å². The van der Waals surface area contributed by atoms with Crippen LogP contribution in [0.4, 0.5) is 17.1 Å². The zero-order chi connectivity index (χ0) is 34.5. The Hall–Kier alpha value is -5.92. The van der Waals surface area contributed by atoms with Crippen molar-refractivity contribution in [1.82, 2.24) is 0 Å². The molecule has 244 valence electrons. The molecule has 1 aliphatic carbocycles. The van der Waals surface area contributed by atoms with Crippen LogP contribution in [0.15, 0.2) is 164 Å². The van der Waals surface area contributed by atoms with Gasteiger partial charge in [-0.1, -0.05) is 143 Å². The lowest BCUT2D eigenvalue weighted by Gasteiger charge is -2.43. The molecule has 0 amide bonds. The molecule has 0 atom stereocenters. The van der Waals surface area contributed by atoms with E-state index < -0.39 is 0 Å². The van der Waals surface area contributed by atoms with Gasteiger partial charge in [0.25, 0.3) is 0 Å². The van der Waals surface area contributed by atoms with Gasteiger partial charge in [-0.05, 0) is 126 Å². The normalized spacial score (nSPS) is 14.9. The zero-order valence-electron chi connectivity index (χ0n) is 29.5. The molecule has 1 nitrogen and oxygen atoms in total. The molecule has 0 N–H and O–H groups in total. The molecule has 1 heteroatoms. The van der Waals surface area contributed by atoms with E-state index in [0.29, 0.717) is 0 Å². The fourth-order valence-electron chi connectivity index (χ4n) is 8.94. The summed E-state index contributed by atoms with van der Waals surface area (Å²) in [5.41, 5.74) is 16.5. The summed E-state index contributed by atoms with van der Waals surface area (Å²) >= 11 is 0. The summed E-state index contributed by atoms with van der Waals surface area (Å²) in [7, 11) is 0. The Kier molecular flexibility index (Phi) is 6.34. The topological polar surface area (TPSA) is 3.24 Å². The van der Waals surface area contributed by atoms with Gasteiger partial charge in [0.1, 0.15) is 0 Å². The third kappa shape index (κ3) is 4.47.